The molecule has 0 bridgehead atoms. The maximum atomic E-state index is 12.7. The lowest BCUT2D eigenvalue weighted by Gasteiger charge is -2.32. The van der Waals surface area contributed by atoms with Gasteiger partial charge in [0.15, 0.2) is 12.4 Å². The fourth-order valence-electron chi connectivity index (χ4n) is 4.32. The fraction of sp³-hybridized carbons (Fsp3) is 0.400. The van der Waals surface area contributed by atoms with Gasteiger partial charge in [0, 0.05) is 31.2 Å². The number of sulfonamides is 1. The zero-order valence-corrected chi connectivity index (χ0v) is 20.2. The van der Waals surface area contributed by atoms with E-state index in [1.54, 1.807) is 29.2 Å². The van der Waals surface area contributed by atoms with Gasteiger partial charge in [-0.15, -0.1) is 4.40 Å². The van der Waals surface area contributed by atoms with E-state index in [2.05, 4.69) is 4.40 Å². The smallest absolute Gasteiger partial charge is 0.309 e. The summed E-state index contributed by atoms with van der Waals surface area (Å²) in [6.07, 6.45) is 1.01. The van der Waals surface area contributed by atoms with E-state index in [0.717, 1.165) is 5.56 Å². The van der Waals surface area contributed by atoms with Crippen molar-refractivity contribution in [3.63, 3.8) is 0 Å². The Bertz CT molecular complexity index is 1190. The van der Waals surface area contributed by atoms with E-state index < -0.39 is 16.0 Å². The number of fused-ring (bicyclic) bond motifs is 1. The maximum Gasteiger partial charge on any atom is 0.309 e. The largest absolute Gasteiger partial charge is 0.455 e. The van der Waals surface area contributed by atoms with Crippen LogP contribution in [0.2, 0.25) is 0 Å². The molecule has 0 aromatic heterocycles. The van der Waals surface area contributed by atoms with Crippen molar-refractivity contribution in [3.8, 4) is 0 Å². The van der Waals surface area contributed by atoms with Crippen molar-refractivity contribution >= 4 is 27.7 Å². The van der Waals surface area contributed by atoms with Crippen molar-refractivity contribution in [1.29, 1.82) is 0 Å². The number of benzene rings is 2. The van der Waals surface area contributed by atoms with Gasteiger partial charge < -0.3 is 14.5 Å². The molecular formula is C25H29N3O5S. The third-order valence-corrected chi connectivity index (χ3v) is 7.54. The Morgan fingerprint density at radius 2 is 1.71 bits per heavy atom. The first kappa shape index (κ1) is 23.9. The van der Waals surface area contributed by atoms with Gasteiger partial charge in [0.1, 0.15) is 4.90 Å². The van der Waals surface area contributed by atoms with Gasteiger partial charge >= 0.3 is 5.97 Å². The monoisotopic (exact) mass is 483 g/mol. The van der Waals surface area contributed by atoms with Crippen LogP contribution in [0, 0.1) is 5.92 Å². The van der Waals surface area contributed by atoms with Crippen LogP contribution in [-0.2, 0) is 30.9 Å². The maximum absolute atomic E-state index is 12.7. The number of amides is 1. The minimum atomic E-state index is -3.68. The summed E-state index contributed by atoms with van der Waals surface area (Å²) in [4.78, 5) is 29.2. The SMILES string of the molecule is CC(C)N(Cc1ccccc1)C(=O)COC(=O)C1CCN(C2=NS(=O)(=O)c3ccccc32)CC1. The van der Waals surface area contributed by atoms with Gasteiger partial charge in [-0.05, 0) is 44.4 Å². The average molecular weight is 484 g/mol. The van der Waals surface area contributed by atoms with Gasteiger partial charge in [0.05, 0.1) is 5.92 Å². The van der Waals surface area contributed by atoms with Crippen LogP contribution >= 0.6 is 0 Å². The first-order chi connectivity index (χ1) is 16.3. The molecular weight excluding hydrogens is 454 g/mol. The van der Waals surface area contributed by atoms with Crippen LogP contribution in [0.4, 0.5) is 0 Å². The van der Waals surface area contributed by atoms with Crippen LogP contribution in [-0.4, -0.2) is 61.7 Å². The number of rotatable bonds is 6. The number of nitrogens with zero attached hydrogens (tertiary/aromatic N) is 3. The van der Waals surface area contributed by atoms with E-state index in [1.165, 1.54) is 0 Å². The molecule has 2 aromatic rings. The molecule has 2 heterocycles. The van der Waals surface area contributed by atoms with Gasteiger partial charge in [0.2, 0.25) is 0 Å². The van der Waals surface area contributed by atoms with Crippen molar-refractivity contribution < 1.29 is 22.7 Å². The molecule has 0 saturated carbocycles. The molecule has 1 fully saturated rings. The summed E-state index contributed by atoms with van der Waals surface area (Å²) in [5, 5.41) is 0. The quantitative estimate of drug-likeness (QED) is 0.587. The second-order valence-electron chi connectivity index (χ2n) is 8.86. The Hall–Kier alpha value is -3.20. The van der Waals surface area contributed by atoms with Crippen molar-refractivity contribution in [2.45, 2.75) is 44.2 Å². The van der Waals surface area contributed by atoms with E-state index >= 15 is 0 Å². The first-order valence-corrected chi connectivity index (χ1v) is 12.9. The Kier molecular flexibility index (Phi) is 7.02. The third kappa shape index (κ3) is 5.14. The molecule has 2 aliphatic heterocycles. The summed E-state index contributed by atoms with van der Waals surface area (Å²) >= 11 is 0. The summed E-state index contributed by atoms with van der Waals surface area (Å²) in [5.41, 5.74) is 1.61. The summed E-state index contributed by atoms with van der Waals surface area (Å²) in [6.45, 7) is 5.01. The van der Waals surface area contributed by atoms with Crippen LogP contribution in [0.1, 0.15) is 37.8 Å². The standard InChI is InChI=1S/C25H29N3O5S/c1-18(2)28(16-19-8-4-3-5-9-19)23(29)17-33-25(30)20-12-14-27(15-13-20)24-21-10-6-7-11-22(21)34(31,32)26-24/h3-11,18,20H,12-17H2,1-2H3. The number of ether oxygens (including phenoxy) is 1. The normalized spacial score (nSPS) is 17.3. The lowest BCUT2D eigenvalue weighted by molar-refractivity contribution is -0.157. The average Bonchev–Trinajstić information content (AvgIpc) is 3.12. The Morgan fingerprint density at radius 1 is 1.06 bits per heavy atom. The first-order valence-electron chi connectivity index (χ1n) is 11.5. The molecule has 1 amide bonds. The number of esters is 1. The zero-order chi connectivity index (χ0) is 24.3. The summed E-state index contributed by atoms with van der Waals surface area (Å²) in [5.74, 6) is -0.518. The Labute approximate surface area is 200 Å². The highest BCUT2D eigenvalue weighted by Crippen LogP contribution is 2.30. The summed E-state index contributed by atoms with van der Waals surface area (Å²) in [7, 11) is -3.68. The van der Waals surface area contributed by atoms with Gasteiger partial charge in [-0.3, -0.25) is 9.59 Å². The molecule has 180 valence electrons. The molecule has 0 unspecified atom stereocenters. The third-order valence-electron chi connectivity index (χ3n) is 6.22. The molecule has 0 atom stereocenters. The summed E-state index contributed by atoms with van der Waals surface area (Å²) < 4.78 is 34.0. The van der Waals surface area contributed by atoms with Crippen molar-refractivity contribution in [2.24, 2.45) is 10.3 Å². The van der Waals surface area contributed by atoms with Gasteiger partial charge in [-0.2, -0.15) is 8.42 Å². The highest BCUT2D eigenvalue weighted by Gasteiger charge is 2.35. The second kappa shape index (κ2) is 9.97. The van der Waals surface area contributed by atoms with Gasteiger partial charge in [-0.1, -0.05) is 42.5 Å². The highest BCUT2D eigenvalue weighted by molar-refractivity contribution is 7.90. The van der Waals surface area contributed by atoms with E-state index in [9.17, 15) is 18.0 Å². The number of amidine groups is 1. The lowest BCUT2D eigenvalue weighted by atomic mass is 9.96. The number of likely N-dealkylation sites (tertiary alicyclic amines) is 1. The molecule has 0 aliphatic carbocycles. The van der Waals surface area contributed by atoms with Crippen LogP contribution in [0.5, 0.6) is 0 Å². The minimum absolute atomic E-state index is 0.0269. The highest BCUT2D eigenvalue weighted by atomic mass is 32.2. The van der Waals surface area contributed by atoms with Crippen molar-refractivity contribution in [1.82, 2.24) is 9.80 Å². The van der Waals surface area contributed by atoms with E-state index in [0.29, 0.717) is 43.9 Å². The van der Waals surface area contributed by atoms with Crippen molar-refractivity contribution in [2.75, 3.05) is 19.7 Å². The number of carbonyl (C=O) groups excluding carboxylic acids is 2. The van der Waals surface area contributed by atoms with Crippen LogP contribution in [0.25, 0.3) is 0 Å². The number of hydrogen-bond acceptors (Lipinski definition) is 6. The molecule has 1 saturated heterocycles. The van der Waals surface area contributed by atoms with E-state index in [-0.39, 0.29) is 29.4 Å². The predicted octanol–water partition coefficient (Wildman–Crippen LogP) is 2.83. The van der Waals surface area contributed by atoms with Crippen LogP contribution in [0.3, 0.4) is 0 Å². The number of hydrogen-bond donors (Lipinski definition) is 0. The molecule has 8 nitrogen and oxygen atoms in total. The van der Waals surface area contributed by atoms with Gasteiger partial charge in [-0.25, -0.2) is 0 Å². The molecule has 0 N–H and O–H groups in total. The predicted molar refractivity (Wildman–Crippen MR) is 128 cm³/mol. The topological polar surface area (TPSA) is 96.3 Å². The Morgan fingerprint density at radius 3 is 2.38 bits per heavy atom. The van der Waals surface area contributed by atoms with E-state index in [4.69, 9.17) is 4.74 Å². The Balaban J connectivity index is 1.31. The molecule has 9 heteroatoms. The molecule has 2 aliphatic rings. The zero-order valence-electron chi connectivity index (χ0n) is 19.4. The van der Waals surface area contributed by atoms with Crippen LogP contribution in [0.15, 0.2) is 63.9 Å². The summed E-state index contributed by atoms with van der Waals surface area (Å²) in [6, 6.07) is 16.4. The van der Waals surface area contributed by atoms with Gasteiger partial charge in [0.25, 0.3) is 15.9 Å². The van der Waals surface area contributed by atoms with Crippen molar-refractivity contribution in [3.05, 3.63) is 65.7 Å². The molecule has 0 radical (unpaired) electrons. The number of piperidine rings is 1. The number of carbonyl (C=O) groups is 2. The molecule has 4 rings (SSSR count). The lowest BCUT2D eigenvalue weighted by Crippen LogP contribution is -2.42. The molecule has 0 spiro atoms. The van der Waals surface area contributed by atoms with Crippen LogP contribution < -0.4 is 0 Å². The molecule has 2 aromatic carbocycles. The fourth-order valence-corrected chi connectivity index (χ4v) is 5.54. The van der Waals surface area contributed by atoms with E-state index in [1.807, 2.05) is 49.1 Å². The molecule has 34 heavy (non-hydrogen) atoms. The minimum Gasteiger partial charge on any atom is -0.455 e. The second-order valence-corrected chi connectivity index (χ2v) is 10.4.